The normalized spacial score (nSPS) is 12.7. The van der Waals surface area contributed by atoms with E-state index in [0.717, 1.165) is 22.1 Å². The maximum absolute atomic E-state index is 12.9. The number of nitrogens with zero attached hydrogens (tertiary/aromatic N) is 1. The summed E-state index contributed by atoms with van der Waals surface area (Å²) in [7, 11) is 1.67. The Morgan fingerprint density at radius 2 is 1.52 bits per heavy atom. The molecular weight excluding hydrogens is 286 g/mol. The number of rotatable bonds is 5. The summed E-state index contributed by atoms with van der Waals surface area (Å²) in [5.41, 5.74) is 1.04. The third-order valence-electron chi connectivity index (χ3n) is 4.31. The fourth-order valence-corrected chi connectivity index (χ4v) is 3.11. The van der Waals surface area contributed by atoms with Gasteiger partial charge in [0.25, 0.3) is 0 Å². The van der Waals surface area contributed by atoms with E-state index in [1.807, 2.05) is 30.0 Å². The monoisotopic (exact) mass is 313 g/mol. The van der Waals surface area contributed by atoms with Crippen LogP contribution in [0.15, 0.2) is 36.4 Å². The van der Waals surface area contributed by atoms with Gasteiger partial charge < -0.3 is 9.64 Å². The maximum atomic E-state index is 12.9. The van der Waals surface area contributed by atoms with Crippen LogP contribution in [0.2, 0.25) is 0 Å². The number of carbonyl (C=O) groups is 1. The third-order valence-corrected chi connectivity index (χ3v) is 4.31. The summed E-state index contributed by atoms with van der Waals surface area (Å²) in [4.78, 5) is 14.8. The van der Waals surface area contributed by atoms with Gasteiger partial charge in [-0.25, -0.2) is 0 Å². The molecule has 0 heterocycles. The molecule has 2 aromatic rings. The van der Waals surface area contributed by atoms with Crippen molar-refractivity contribution in [1.82, 2.24) is 4.90 Å². The van der Waals surface area contributed by atoms with Crippen LogP contribution in [0.25, 0.3) is 10.8 Å². The Hall–Kier alpha value is -2.03. The topological polar surface area (TPSA) is 29.5 Å². The molecule has 0 aliphatic rings. The Balaban J connectivity index is 2.36. The molecule has 1 amide bonds. The van der Waals surface area contributed by atoms with Gasteiger partial charge in [-0.05, 0) is 63.1 Å². The number of hydrogen-bond donors (Lipinski definition) is 0. The van der Waals surface area contributed by atoms with Crippen LogP contribution in [0, 0.1) is 0 Å². The Bertz CT molecular complexity index is 683. The van der Waals surface area contributed by atoms with Gasteiger partial charge in [0.2, 0.25) is 5.91 Å². The minimum atomic E-state index is -0.157. The van der Waals surface area contributed by atoms with Crippen molar-refractivity contribution >= 4 is 16.7 Å². The van der Waals surface area contributed by atoms with E-state index in [-0.39, 0.29) is 23.9 Å². The van der Waals surface area contributed by atoms with E-state index in [1.54, 1.807) is 7.11 Å². The van der Waals surface area contributed by atoms with Crippen LogP contribution in [0.1, 0.15) is 46.1 Å². The fourth-order valence-electron chi connectivity index (χ4n) is 3.11. The van der Waals surface area contributed by atoms with E-state index >= 15 is 0 Å². The Labute approximate surface area is 139 Å². The first kappa shape index (κ1) is 17.3. The van der Waals surface area contributed by atoms with Gasteiger partial charge in [-0.3, -0.25) is 4.79 Å². The largest absolute Gasteiger partial charge is 0.497 e. The summed E-state index contributed by atoms with van der Waals surface area (Å²) in [6.07, 6.45) is 0. The lowest BCUT2D eigenvalue weighted by Crippen LogP contribution is -2.44. The Morgan fingerprint density at radius 1 is 0.913 bits per heavy atom. The maximum Gasteiger partial charge on any atom is 0.230 e. The van der Waals surface area contributed by atoms with Crippen molar-refractivity contribution < 1.29 is 9.53 Å². The summed E-state index contributed by atoms with van der Waals surface area (Å²) in [6, 6.07) is 12.6. The second-order valence-corrected chi connectivity index (χ2v) is 6.63. The van der Waals surface area contributed by atoms with Crippen molar-refractivity contribution in [3.05, 3.63) is 42.0 Å². The lowest BCUT2D eigenvalue weighted by molar-refractivity contribution is -0.136. The van der Waals surface area contributed by atoms with E-state index < -0.39 is 0 Å². The predicted molar refractivity (Wildman–Crippen MR) is 96.0 cm³/mol. The van der Waals surface area contributed by atoms with Crippen LogP contribution in [-0.2, 0) is 4.79 Å². The minimum Gasteiger partial charge on any atom is -0.497 e. The molecule has 0 fully saturated rings. The molecule has 0 aliphatic carbocycles. The van der Waals surface area contributed by atoms with Crippen LogP contribution < -0.4 is 4.74 Å². The van der Waals surface area contributed by atoms with Gasteiger partial charge >= 0.3 is 0 Å². The van der Waals surface area contributed by atoms with Crippen LogP contribution in [0.5, 0.6) is 5.75 Å². The lowest BCUT2D eigenvalue weighted by atomic mass is 9.95. The minimum absolute atomic E-state index is 0.157. The number of carbonyl (C=O) groups excluding carboxylic acids is 1. The van der Waals surface area contributed by atoms with Gasteiger partial charge in [-0.2, -0.15) is 0 Å². The van der Waals surface area contributed by atoms with Crippen molar-refractivity contribution in [2.75, 3.05) is 7.11 Å². The molecule has 1 atom stereocenters. The first-order valence-corrected chi connectivity index (χ1v) is 8.25. The van der Waals surface area contributed by atoms with Crippen molar-refractivity contribution in [3.63, 3.8) is 0 Å². The summed E-state index contributed by atoms with van der Waals surface area (Å²) in [6.45, 7) is 10.2. The van der Waals surface area contributed by atoms with Gasteiger partial charge in [0.1, 0.15) is 5.75 Å². The zero-order valence-corrected chi connectivity index (χ0v) is 15.0. The zero-order chi connectivity index (χ0) is 17.1. The third kappa shape index (κ3) is 3.66. The summed E-state index contributed by atoms with van der Waals surface area (Å²) in [5, 5.41) is 2.25. The highest BCUT2D eigenvalue weighted by atomic mass is 16.5. The van der Waals surface area contributed by atoms with Gasteiger partial charge in [0.05, 0.1) is 13.0 Å². The highest BCUT2D eigenvalue weighted by molar-refractivity contribution is 5.88. The molecule has 0 bridgehead atoms. The van der Waals surface area contributed by atoms with E-state index in [9.17, 15) is 4.79 Å². The summed E-state index contributed by atoms with van der Waals surface area (Å²) < 4.78 is 5.30. The molecular formula is C20H27NO2. The Kier molecular flexibility index (Phi) is 5.30. The van der Waals surface area contributed by atoms with Gasteiger partial charge in [0, 0.05) is 12.1 Å². The molecule has 0 aromatic heterocycles. The van der Waals surface area contributed by atoms with Crippen LogP contribution in [0.4, 0.5) is 0 Å². The van der Waals surface area contributed by atoms with Gasteiger partial charge in [-0.1, -0.05) is 24.3 Å². The number of methoxy groups -OCH3 is 1. The molecule has 3 heteroatoms. The first-order chi connectivity index (χ1) is 10.8. The fraction of sp³-hybridized carbons (Fsp3) is 0.450. The average Bonchev–Trinajstić information content (AvgIpc) is 2.52. The molecule has 3 nitrogen and oxygen atoms in total. The number of amides is 1. The number of benzene rings is 2. The number of hydrogen-bond acceptors (Lipinski definition) is 2. The molecule has 0 N–H and O–H groups in total. The van der Waals surface area contributed by atoms with Crippen molar-refractivity contribution in [2.24, 2.45) is 0 Å². The number of fused-ring (bicyclic) bond motifs is 1. The molecule has 0 saturated heterocycles. The summed E-state index contributed by atoms with van der Waals surface area (Å²) in [5.74, 6) is 0.854. The number of ether oxygens (including phenoxy) is 1. The average molecular weight is 313 g/mol. The molecule has 124 valence electrons. The molecule has 0 spiro atoms. The second kappa shape index (κ2) is 7.03. The van der Waals surface area contributed by atoms with Crippen molar-refractivity contribution in [1.29, 1.82) is 0 Å². The standard InChI is InChI=1S/C20H27NO2/c1-13(2)21(14(3)4)20(22)15(5)17-8-7-16-9-10-19(23-6)12-18(16)11-17/h7-15H,1-6H3/t15-/m1/s1. The Morgan fingerprint density at radius 3 is 2.09 bits per heavy atom. The highest BCUT2D eigenvalue weighted by Gasteiger charge is 2.26. The van der Waals surface area contributed by atoms with E-state index in [0.29, 0.717) is 0 Å². The smallest absolute Gasteiger partial charge is 0.230 e. The van der Waals surface area contributed by atoms with Gasteiger partial charge in [-0.15, -0.1) is 0 Å². The van der Waals surface area contributed by atoms with E-state index in [2.05, 4.69) is 45.9 Å². The van der Waals surface area contributed by atoms with Crippen molar-refractivity contribution in [2.45, 2.75) is 52.6 Å². The summed E-state index contributed by atoms with van der Waals surface area (Å²) >= 11 is 0. The quantitative estimate of drug-likeness (QED) is 0.807. The predicted octanol–water partition coefficient (Wildman–Crippen LogP) is 4.60. The van der Waals surface area contributed by atoms with Crippen LogP contribution in [-0.4, -0.2) is 30.0 Å². The van der Waals surface area contributed by atoms with Crippen molar-refractivity contribution in [3.8, 4) is 5.75 Å². The molecule has 0 radical (unpaired) electrons. The van der Waals surface area contributed by atoms with Crippen LogP contribution in [0.3, 0.4) is 0 Å². The highest BCUT2D eigenvalue weighted by Crippen LogP contribution is 2.27. The molecule has 0 saturated carbocycles. The molecule has 23 heavy (non-hydrogen) atoms. The molecule has 0 aliphatic heterocycles. The van der Waals surface area contributed by atoms with Crippen LogP contribution >= 0.6 is 0 Å². The molecule has 0 unspecified atom stereocenters. The second-order valence-electron chi connectivity index (χ2n) is 6.63. The van der Waals surface area contributed by atoms with E-state index in [1.165, 1.54) is 0 Å². The molecule has 2 aromatic carbocycles. The zero-order valence-electron chi connectivity index (χ0n) is 15.0. The van der Waals surface area contributed by atoms with Gasteiger partial charge in [0.15, 0.2) is 0 Å². The molecule has 2 rings (SSSR count). The lowest BCUT2D eigenvalue weighted by Gasteiger charge is -2.33. The SMILES string of the molecule is COc1ccc2ccc([C@@H](C)C(=O)N(C(C)C)C(C)C)cc2c1. The first-order valence-electron chi connectivity index (χ1n) is 8.25. The van der Waals surface area contributed by atoms with E-state index in [4.69, 9.17) is 4.74 Å².